The second-order valence-electron chi connectivity index (χ2n) is 7.05. The fourth-order valence-electron chi connectivity index (χ4n) is 3.30. The molecule has 0 radical (unpaired) electrons. The van der Waals surface area contributed by atoms with Gasteiger partial charge in [-0.05, 0) is 48.5 Å². The van der Waals surface area contributed by atoms with Crippen molar-refractivity contribution in [3.05, 3.63) is 94.0 Å². The van der Waals surface area contributed by atoms with Gasteiger partial charge in [-0.1, -0.05) is 47.1 Å². The van der Waals surface area contributed by atoms with Crippen LogP contribution in [0.1, 0.15) is 0 Å². The minimum Gasteiger partial charge on any atom is -0.399 e. The highest BCUT2D eigenvalue weighted by Gasteiger charge is 2.22. The largest absolute Gasteiger partial charge is 0.399 e. The summed E-state index contributed by atoms with van der Waals surface area (Å²) in [4.78, 5) is -0.168. The fraction of sp³-hybridized carbons (Fsp3) is 0. The molecular formula is C24H14Cl2F4N2S. The SMILES string of the molecule is Nc1ccc(-c2c(F)ccc(Sc3ccc(F)c(-c4ccc(N)cc4Cl)c3F)c2F)c(Cl)c1. The Labute approximate surface area is 201 Å². The van der Waals surface area contributed by atoms with E-state index in [0.717, 1.165) is 12.1 Å². The maximum absolute atomic E-state index is 15.3. The average Bonchev–Trinajstić information content (AvgIpc) is 2.75. The number of benzene rings is 4. The van der Waals surface area contributed by atoms with E-state index in [1.807, 2.05) is 0 Å². The minimum absolute atomic E-state index is 0.0585. The lowest BCUT2D eigenvalue weighted by Crippen LogP contribution is -1.97. The van der Waals surface area contributed by atoms with E-state index in [9.17, 15) is 8.78 Å². The van der Waals surface area contributed by atoms with Crippen molar-refractivity contribution in [1.82, 2.24) is 0 Å². The standard InChI is InChI=1S/C24H14Cl2F4N2S/c25-15-9-11(31)1-3-13(15)21-17(27)5-7-19(23(21)29)33-20-8-6-18(28)22(24(20)30)14-4-2-12(32)10-16(14)26/h1-10H,31-32H2. The summed E-state index contributed by atoms with van der Waals surface area (Å²) in [5.74, 6) is -3.58. The van der Waals surface area contributed by atoms with E-state index in [2.05, 4.69) is 0 Å². The highest BCUT2D eigenvalue weighted by Crippen LogP contribution is 2.42. The normalized spacial score (nSPS) is 11.1. The molecule has 0 unspecified atom stereocenters. The molecule has 0 saturated heterocycles. The van der Waals surface area contributed by atoms with Gasteiger partial charge in [0.15, 0.2) is 0 Å². The average molecular weight is 509 g/mol. The number of anilines is 2. The predicted octanol–water partition coefficient (Wildman–Crippen LogP) is 8.20. The molecular weight excluding hydrogens is 495 g/mol. The van der Waals surface area contributed by atoms with Gasteiger partial charge in [-0.25, -0.2) is 17.6 Å². The predicted molar refractivity (Wildman–Crippen MR) is 127 cm³/mol. The molecule has 168 valence electrons. The third-order valence-electron chi connectivity index (χ3n) is 4.86. The van der Waals surface area contributed by atoms with Crippen LogP contribution >= 0.6 is 35.0 Å². The zero-order valence-corrected chi connectivity index (χ0v) is 18.9. The number of hydrogen-bond acceptors (Lipinski definition) is 3. The highest BCUT2D eigenvalue weighted by atomic mass is 35.5. The van der Waals surface area contributed by atoms with Crippen molar-refractivity contribution >= 4 is 46.3 Å². The van der Waals surface area contributed by atoms with Crippen molar-refractivity contribution in [1.29, 1.82) is 0 Å². The summed E-state index contributed by atoms with van der Waals surface area (Å²) >= 11 is 12.9. The van der Waals surface area contributed by atoms with Crippen molar-refractivity contribution in [3.63, 3.8) is 0 Å². The van der Waals surface area contributed by atoms with Gasteiger partial charge in [0.05, 0.1) is 21.2 Å². The van der Waals surface area contributed by atoms with Crippen LogP contribution < -0.4 is 11.5 Å². The van der Waals surface area contributed by atoms with Crippen LogP contribution in [0.2, 0.25) is 10.0 Å². The van der Waals surface area contributed by atoms with Crippen molar-refractivity contribution in [2.75, 3.05) is 11.5 Å². The summed E-state index contributed by atoms with van der Waals surface area (Å²) in [6.45, 7) is 0. The Bertz CT molecular complexity index is 1290. The third kappa shape index (κ3) is 4.49. The van der Waals surface area contributed by atoms with Crippen LogP contribution in [-0.2, 0) is 0 Å². The van der Waals surface area contributed by atoms with Gasteiger partial charge < -0.3 is 11.5 Å². The molecule has 33 heavy (non-hydrogen) atoms. The molecule has 0 heterocycles. The van der Waals surface area contributed by atoms with Gasteiger partial charge in [-0.3, -0.25) is 0 Å². The molecule has 4 aromatic rings. The lowest BCUT2D eigenvalue weighted by atomic mass is 10.0. The summed E-state index contributed by atoms with van der Waals surface area (Å²) in [5, 5.41) is 0.117. The molecule has 0 aliphatic rings. The smallest absolute Gasteiger partial charge is 0.147 e. The van der Waals surface area contributed by atoms with Gasteiger partial charge in [0, 0.05) is 32.3 Å². The first-order valence-electron chi connectivity index (χ1n) is 9.42. The molecule has 9 heteroatoms. The quantitative estimate of drug-likeness (QED) is 0.215. The maximum atomic E-state index is 15.3. The summed E-state index contributed by atoms with van der Waals surface area (Å²) in [6.07, 6.45) is 0. The summed E-state index contributed by atoms with van der Waals surface area (Å²) in [7, 11) is 0. The van der Waals surface area contributed by atoms with Gasteiger partial charge in [-0.15, -0.1) is 0 Å². The molecule has 0 bridgehead atoms. The Balaban J connectivity index is 1.81. The topological polar surface area (TPSA) is 52.0 Å². The first-order valence-corrected chi connectivity index (χ1v) is 11.0. The fourth-order valence-corrected chi connectivity index (χ4v) is 4.76. The number of nitrogens with two attached hydrogens (primary N) is 2. The lowest BCUT2D eigenvalue weighted by molar-refractivity contribution is 0.568. The Morgan fingerprint density at radius 1 is 0.576 bits per heavy atom. The summed E-state index contributed by atoms with van der Waals surface area (Å²) in [6, 6.07) is 12.9. The molecule has 0 aromatic heterocycles. The van der Waals surface area contributed by atoms with Crippen LogP contribution in [-0.4, -0.2) is 0 Å². The van der Waals surface area contributed by atoms with E-state index in [1.165, 1.54) is 48.5 Å². The van der Waals surface area contributed by atoms with Crippen LogP contribution in [0.25, 0.3) is 22.3 Å². The van der Waals surface area contributed by atoms with E-state index < -0.39 is 23.3 Å². The molecule has 0 spiro atoms. The summed E-state index contributed by atoms with van der Waals surface area (Å²) in [5.41, 5.74) is 11.4. The molecule has 4 aromatic carbocycles. The first kappa shape index (κ1) is 23.3. The molecule has 0 fully saturated rings. The molecule has 0 aliphatic heterocycles. The van der Waals surface area contributed by atoms with Gasteiger partial charge in [-0.2, -0.15) is 0 Å². The van der Waals surface area contributed by atoms with Gasteiger partial charge >= 0.3 is 0 Å². The molecule has 0 aliphatic carbocycles. The monoisotopic (exact) mass is 508 g/mol. The van der Waals surface area contributed by atoms with Crippen LogP contribution in [0.4, 0.5) is 28.9 Å². The van der Waals surface area contributed by atoms with E-state index in [0.29, 0.717) is 23.1 Å². The molecule has 0 saturated carbocycles. The first-order chi connectivity index (χ1) is 15.7. The van der Waals surface area contributed by atoms with E-state index in [-0.39, 0.29) is 42.1 Å². The van der Waals surface area contributed by atoms with Crippen molar-refractivity contribution < 1.29 is 17.6 Å². The van der Waals surface area contributed by atoms with Crippen molar-refractivity contribution in [3.8, 4) is 22.3 Å². The van der Waals surface area contributed by atoms with E-state index in [4.69, 9.17) is 34.7 Å². The molecule has 0 amide bonds. The Kier molecular flexibility index (Phi) is 6.47. The van der Waals surface area contributed by atoms with Gasteiger partial charge in [0.1, 0.15) is 23.3 Å². The molecule has 2 nitrogen and oxygen atoms in total. The minimum atomic E-state index is -0.942. The lowest BCUT2D eigenvalue weighted by Gasteiger charge is -2.14. The Morgan fingerprint density at radius 3 is 1.33 bits per heavy atom. The molecule has 4 rings (SSSR count). The van der Waals surface area contributed by atoms with Crippen LogP contribution in [0.15, 0.2) is 70.5 Å². The van der Waals surface area contributed by atoms with E-state index in [1.54, 1.807) is 0 Å². The van der Waals surface area contributed by atoms with Crippen LogP contribution in [0.3, 0.4) is 0 Å². The zero-order valence-electron chi connectivity index (χ0n) is 16.6. The maximum Gasteiger partial charge on any atom is 0.147 e. The van der Waals surface area contributed by atoms with E-state index >= 15 is 8.78 Å². The second kappa shape index (κ2) is 9.17. The van der Waals surface area contributed by atoms with Crippen LogP contribution in [0.5, 0.6) is 0 Å². The Morgan fingerprint density at radius 2 is 0.970 bits per heavy atom. The number of nitrogen functional groups attached to an aromatic ring is 2. The number of hydrogen-bond donors (Lipinski definition) is 2. The third-order valence-corrected chi connectivity index (χ3v) is 6.55. The second-order valence-corrected chi connectivity index (χ2v) is 8.95. The summed E-state index contributed by atoms with van der Waals surface area (Å²) < 4.78 is 59.8. The van der Waals surface area contributed by atoms with Crippen molar-refractivity contribution in [2.24, 2.45) is 0 Å². The molecule has 4 N–H and O–H groups in total. The van der Waals surface area contributed by atoms with Crippen LogP contribution in [0, 0.1) is 23.3 Å². The highest BCUT2D eigenvalue weighted by molar-refractivity contribution is 7.99. The van der Waals surface area contributed by atoms with Crippen molar-refractivity contribution in [2.45, 2.75) is 9.79 Å². The Hall–Kier alpha value is -2.87. The van der Waals surface area contributed by atoms with Gasteiger partial charge in [0.2, 0.25) is 0 Å². The number of rotatable bonds is 4. The molecule has 0 atom stereocenters. The van der Waals surface area contributed by atoms with Gasteiger partial charge in [0.25, 0.3) is 0 Å². The number of halogens is 6. The zero-order chi connectivity index (χ0) is 23.9.